The van der Waals surface area contributed by atoms with Crippen LogP contribution in [-0.4, -0.2) is 29.8 Å². The summed E-state index contributed by atoms with van der Waals surface area (Å²) in [6.45, 7) is 4.25. The summed E-state index contributed by atoms with van der Waals surface area (Å²) in [4.78, 5) is 25.6. The molecule has 1 fully saturated rings. The maximum atomic E-state index is 12.0. The van der Waals surface area contributed by atoms with Crippen LogP contribution in [0.25, 0.3) is 0 Å². The van der Waals surface area contributed by atoms with Crippen molar-refractivity contribution >= 4 is 11.8 Å². The van der Waals surface area contributed by atoms with Gasteiger partial charge in [0.05, 0.1) is 0 Å². The van der Waals surface area contributed by atoms with Gasteiger partial charge in [0.25, 0.3) is 0 Å². The minimum absolute atomic E-state index is 0.0405. The fraction of sp³-hybridized carbons (Fsp3) is 0.500. The van der Waals surface area contributed by atoms with Gasteiger partial charge in [-0.25, -0.2) is 0 Å². The number of hydrogen-bond acceptors (Lipinski definition) is 2. The standard InChI is InChI=1S/C16H22N2O2/c1-13-7-9-18(10-8-13)16(20)11-15(19)17-12-14-5-3-2-4-6-14/h2-6,13H,7-12H2,1H3,(H,17,19). The van der Waals surface area contributed by atoms with E-state index in [0.29, 0.717) is 12.5 Å². The molecular formula is C16H22N2O2. The second-order valence-corrected chi connectivity index (χ2v) is 5.50. The number of hydrogen-bond donors (Lipinski definition) is 1. The molecule has 0 spiro atoms. The third-order valence-electron chi connectivity index (χ3n) is 3.78. The highest BCUT2D eigenvalue weighted by molar-refractivity contribution is 5.96. The van der Waals surface area contributed by atoms with Crippen molar-refractivity contribution in [2.24, 2.45) is 5.92 Å². The predicted molar refractivity (Wildman–Crippen MR) is 77.9 cm³/mol. The van der Waals surface area contributed by atoms with E-state index in [1.807, 2.05) is 35.2 Å². The van der Waals surface area contributed by atoms with Gasteiger partial charge in [-0.05, 0) is 24.3 Å². The Labute approximate surface area is 120 Å². The average Bonchev–Trinajstić information content (AvgIpc) is 2.47. The topological polar surface area (TPSA) is 49.4 Å². The van der Waals surface area contributed by atoms with Crippen molar-refractivity contribution in [2.75, 3.05) is 13.1 Å². The highest BCUT2D eigenvalue weighted by atomic mass is 16.2. The molecule has 0 unspecified atom stereocenters. The Morgan fingerprint density at radius 3 is 2.50 bits per heavy atom. The Bertz CT molecular complexity index is 451. The zero-order valence-electron chi connectivity index (χ0n) is 12.0. The van der Waals surface area contributed by atoms with Crippen LogP contribution in [-0.2, 0) is 16.1 Å². The van der Waals surface area contributed by atoms with Gasteiger partial charge in [-0.2, -0.15) is 0 Å². The molecule has 0 saturated carbocycles. The lowest BCUT2D eigenvalue weighted by atomic mass is 9.99. The molecule has 1 aliphatic rings. The van der Waals surface area contributed by atoms with Crippen LogP contribution >= 0.6 is 0 Å². The molecule has 4 nitrogen and oxygen atoms in total. The summed E-state index contributed by atoms with van der Waals surface area (Å²) in [6, 6.07) is 9.71. The largest absolute Gasteiger partial charge is 0.352 e. The molecule has 0 bridgehead atoms. The fourth-order valence-electron chi connectivity index (χ4n) is 2.37. The van der Waals surface area contributed by atoms with E-state index in [9.17, 15) is 9.59 Å². The molecule has 2 rings (SSSR count). The smallest absolute Gasteiger partial charge is 0.232 e. The molecule has 2 amide bonds. The van der Waals surface area contributed by atoms with Gasteiger partial charge in [-0.3, -0.25) is 9.59 Å². The zero-order chi connectivity index (χ0) is 14.4. The Kier molecular flexibility index (Phi) is 5.16. The lowest BCUT2D eigenvalue weighted by molar-refractivity contribution is -0.137. The third-order valence-corrected chi connectivity index (χ3v) is 3.78. The summed E-state index contributed by atoms with van der Waals surface area (Å²) in [6.07, 6.45) is 2.04. The molecule has 1 aromatic rings. The minimum Gasteiger partial charge on any atom is -0.352 e. The summed E-state index contributed by atoms with van der Waals surface area (Å²) in [5.41, 5.74) is 1.04. The second kappa shape index (κ2) is 7.08. The van der Waals surface area contributed by atoms with Gasteiger partial charge in [-0.15, -0.1) is 0 Å². The van der Waals surface area contributed by atoms with E-state index >= 15 is 0 Å². The van der Waals surface area contributed by atoms with Gasteiger partial charge in [0, 0.05) is 19.6 Å². The van der Waals surface area contributed by atoms with Crippen LogP contribution in [0.15, 0.2) is 30.3 Å². The summed E-state index contributed by atoms with van der Waals surface area (Å²) in [5, 5.41) is 2.79. The van der Waals surface area contributed by atoms with E-state index in [1.54, 1.807) is 0 Å². The lowest BCUT2D eigenvalue weighted by Gasteiger charge is -2.30. The van der Waals surface area contributed by atoms with Crippen molar-refractivity contribution in [1.29, 1.82) is 0 Å². The van der Waals surface area contributed by atoms with Gasteiger partial charge >= 0.3 is 0 Å². The number of likely N-dealkylation sites (tertiary alicyclic amines) is 1. The number of carbonyl (C=O) groups is 2. The molecule has 1 saturated heterocycles. The normalized spacial score (nSPS) is 15.9. The maximum absolute atomic E-state index is 12.0. The molecule has 0 radical (unpaired) electrons. The van der Waals surface area contributed by atoms with Gasteiger partial charge in [0.2, 0.25) is 11.8 Å². The van der Waals surface area contributed by atoms with E-state index in [1.165, 1.54) is 0 Å². The average molecular weight is 274 g/mol. The van der Waals surface area contributed by atoms with Crippen LogP contribution in [0.5, 0.6) is 0 Å². The Morgan fingerprint density at radius 1 is 1.20 bits per heavy atom. The molecule has 20 heavy (non-hydrogen) atoms. The summed E-state index contributed by atoms with van der Waals surface area (Å²) in [5.74, 6) is 0.436. The third kappa shape index (κ3) is 4.37. The first-order chi connectivity index (χ1) is 9.65. The number of amides is 2. The van der Waals surface area contributed by atoms with Crippen LogP contribution in [0.2, 0.25) is 0 Å². The van der Waals surface area contributed by atoms with Crippen molar-refractivity contribution in [1.82, 2.24) is 10.2 Å². The molecule has 0 atom stereocenters. The Balaban J connectivity index is 1.72. The van der Waals surface area contributed by atoms with Crippen LogP contribution in [0, 0.1) is 5.92 Å². The van der Waals surface area contributed by atoms with Crippen LogP contribution in [0.4, 0.5) is 0 Å². The molecule has 108 valence electrons. The molecule has 4 heteroatoms. The van der Waals surface area contributed by atoms with Gasteiger partial charge in [0.1, 0.15) is 6.42 Å². The molecule has 0 aliphatic carbocycles. The van der Waals surface area contributed by atoms with Gasteiger partial charge < -0.3 is 10.2 Å². The predicted octanol–water partition coefficient (Wildman–Crippen LogP) is 1.95. The van der Waals surface area contributed by atoms with Gasteiger partial charge in [0.15, 0.2) is 0 Å². The van der Waals surface area contributed by atoms with E-state index in [4.69, 9.17) is 0 Å². The van der Waals surface area contributed by atoms with Crippen LogP contribution < -0.4 is 5.32 Å². The quantitative estimate of drug-likeness (QED) is 0.853. The number of rotatable bonds is 4. The van der Waals surface area contributed by atoms with Crippen molar-refractivity contribution in [3.63, 3.8) is 0 Å². The molecule has 1 aliphatic heterocycles. The minimum atomic E-state index is -0.197. The summed E-state index contributed by atoms with van der Waals surface area (Å²) in [7, 11) is 0. The monoisotopic (exact) mass is 274 g/mol. The van der Waals surface area contributed by atoms with E-state index in [0.717, 1.165) is 31.5 Å². The van der Waals surface area contributed by atoms with E-state index < -0.39 is 0 Å². The van der Waals surface area contributed by atoms with Crippen LogP contribution in [0.1, 0.15) is 31.7 Å². The zero-order valence-corrected chi connectivity index (χ0v) is 12.0. The first-order valence-electron chi connectivity index (χ1n) is 7.23. The van der Waals surface area contributed by atoms with Crippen LogP contribution in [0.3, 0.4) is 0 Å². The first kappa shape index (κ1) is 14.6. The number of piperidine rings is 1. The van der Waals surface area contributed by atoms with Crippen molar-refractivity contribution < 1.29 is 9.59 Å². The first-order valence-corrected chi connectivity index (χ1v) is 7.23. The van der Waals surface area contributed by atoms with E-state index in [-0.39, 0.29) is 18.2 Å². The highest BCUT2D eigenvalue weighted by Crippen LogP contribution is 2.16. The molecule has 1 heterocycles. The Morgan fingerprint density at radius 2 is 1.85 bits per heavy atom. The SMILES string of the molecule is CC1CCN(C(=O)CC(=O)NCc2ccccc2)CC1. The van der Waals surface area contributed by atoms with Crippen molar-refractivity contribution in [2.45, 2.75) is 32.7 Å². The van der Waals surface area contributed by atoms with Crippen molar-refractivity contribution in [3.05, 3.63) is 35.9 Å². The number of nitrogens with zero attached hydrogens (tertiary/aromatic N) is 1. The second-order valence-electron chi connectivity index (χ2n) is 5.50. The molecule has 1 N–H and O–H groups in total. The number of benzene rings is 1. The number of nitrogens with one attached hydrogen (secondary N) is 1. The molecule has 0 aromatic heterocycles. The molecular weight excluding hydrogens is 252 g/mol. The van der Waals surface area contributed by atoms with E-state index in [2.05, 4.69) is 12.2 Å². The highest BCUT2D eigenvalue weighted by Gasteiger charge is 2.21. The maximum Gasteiger partial charge on any atom is 0.232 e. The number of carbonyl (C=O) groups excluding carboxylic acids is 2. The molecule has 1 aromatic carbocycles. The summed E-state index contributed by atoms with van der Waals surface area (Å²) < 4.78 is 0. The fourth-order valence-corrected chi connectivity index (χ4v) is 2.37. The Hall–Kier alpha value is -1.84. The van der Waals surface area contributed by atoms with Crippen molar-refractivity contribution in [3.8, 4) is 0 Å². The lowest BCUT2D eigenvalue weighted by Crippen LogP contribution is -2.40. The van der Waals surface area contributed by atoms with Gasteiger partial charge in [-0.1, -0.05) is 37.3 Å². The summed E-state index contributed by atoms with van der Waals surface area (Å²) >= 11 is 0.